The molecule has 2 heterocycles. The zero-order valence-electron chi connectivity index (χ0n) is 23.6. The van der Waals surface area contributed by atoms with Gasteiger partial charge < -0.3 is 16.0 Å². The number of hydrazine groups is 1. The molecule has 0 spiro atoms. The molecule has 1 aliphatic heterocycles. The molecule has 0 saturated heterocycles. The molecule has 12 heteroatoms. The van der Waals surface area contributed by atoms with Crippen LogP contribution >= 0.6 is 37.2 Å². The fourth-order valence-electron chi connectivity index (χ4n) is 4.63. The number of hydrogen-bond acceptors (Lipinski definition) is 7. The molecule has 0 saturated carbocycles. The summed E-state index contributed by atoms with van der Waals surface area (Å²) in [6, 6.07) is 17.9. The minimum absolute atomic E-state index is 0. The van der Waals surface area contributed by atoms with Gasteiger partial charge in [-0.25, -0.2) is 9.99 Å². The van der Waals surface area contributed by atoms with Crippen LogP contribution in [0.25, 0.3) is 11.1 Å². The number of aryl methyl sites for hydroxylation is 1. The molecule has 1 aromatic heterocycles. The van der Waals surface area contributed by atoms with Crippen molar-refractivity contribution in [3.63, 3.8) is 0 Å². The van der Waals surface area contributed by atoms with Crippen LogP contribution in [0.1, 0.15) is 23.6 Å². The van der Waals surface area contributed by atoms with Crippen molar-refractivity contribution >= 4 is 60.5 Å². The van der Waals surface area contributed by atoms with Gasteiger partial charge in [-0.15, -0.1) is 37.2 Å². The Balaban J connectivity index is 0.00000280. The molecule has 4 rings (SSSR count). The Labute approximate surface area is 261 Å². The third kappa shape index (κ3) is 9.29. The Bertz CT molecular complexity index is 1250. The van der Waals surface area contributed by atoms with Crippen LogP contribution in [-0.4, -0.2) is 66.6 Å². The van der Waals surface area contributed by atoms with Crippen molar-refractivity contribution in [1.29, 1.82) is 0 Å². The average molecular weight is 625 g/mol. The maximum atomic E-state index is 13.3. The molecular formula is C29H40Cl3N7O2. The molecular weight excluding hydrogens is 585 g/mol. The largest absolute Gasteiger partial charge is 0.384 e. The van der Waals surface area contributed by atoms with Gasteiger partial charge in [-0.2, -0.15) is 0 Å². The van der Waals surface area contributed by atoms with Gasteiger partial charge in [-0.05, 0) is 60.0 Å². The van der Waals surface area contributed by atoms with Crippen LogP contribution in [0.3, 0.4) is 0 Å². The summed E-state index contributed by atoms with van der Waals surface area (Å²) >= 11 is 0. The van der Waals surface area contributed by atoms with Gasteiger partial charge in [0.25, 0.3) is 5.91 Å². The summed E-state index contributed by atoms with van der Waals surface area (Å²) in [5.41, 5.74) is 12.0. The molecule has 3 aromatic rings. The van der Waals surface area contributed by atoms with E-state index >= 15 is 0 Å². The lowest BCUT2D eigenvalue weighted by atomic mass is 10.0. The van der Waals surface area contributed by atoms with E-state index in [0.717, 1.165) is 28.9 Å². The number of amides is 2. The number of hydrogen-bond donors (Lipinski definition) is 3. The highest BCUT2D eigenvalue weighted by Gasteiger charge is 2.25. The monoisotopic (exact) mass is 623 g/mol. The predicted octanol–water partition coefficient (Wildman–Crippen LogP) is 3.83. The molecule has 2 aromatic carbocycles. The number of halogens is 3. The van der Waals surface area contributed by atoms with Crippen molar-refractivity contribution in [2.45, 2.75) is 26.9 Å². The number of nitrogens with zero attached hydrogens (tertiary/aromatic N) is 4. The Hall–Kier alpha value is -2.92. The number of nitrogen functional groups attached to an aromatic ring is 1. The van der Waals surface area contributed by atoms with Gasteiger partial charge in [0.15, 0.2) is 0 Å². The number of rotatable bonds is 11. The maximum Gasteiger partial charge on any atom is 0.250 e. The molecule has 41 heavy (non-hydrogen) atoms. The van der Waals surface area contributed by atoms with E-state index in [1.165, 1.54) is 11.1 Å². The molecule has 0 unspecified atom stereocenters. The topological polar surface area (TPSA) is 107 Å². The van der Waals surface area contributed by atoms with Crippen LogP contribution in [0.15, 0.2) is 60.8 Å². The Kier molecular flexibility index (Phi) is 15.1. The summed E-state index contributed by atoms with van der Waals surface area (Å²) in [5.74, 6) is 0.310. The number of carbonyl (C=O) groups is 2. The number of anilines is 2. The predicted molar refractivity (Wildman–Crippen MR) is 173 cm³/mol. The second kappa shape index (κ2) is 17.1. The summed E-state index contributed by atoms with van der Waals surface area (Å²) in [6.07, 6.45) is 1.75. The number of benzene rings is 2. The van der Waals surface area contributed by atoms with Gasteiger partial charge in [0.1, 0.15) is 5.82 Å². The van der Waals surface area contributed by atoms with Gasteiger partial charge in [0.2, 0.25) is 5.91 Å². The number of nitrogens with two attached hydrogens (primary N) is 1. The molecule has 0 radical (unpaired) electrons. The summed E-state index contributed by atoms with van der Waals surface area (Å²) in [4.78, 5) is 32.1. The summed E-state index contributed by atoms with van der Waals surface area (Å²) in [7, 11) is 1.78. The lowest BCUT2D eigenvalue weighted by molar-refractivity contribution is -0.145. The maximum absolute atomic E-state index is 13.3. The summed E-state index contributed by atoms with van der Waals surface area (Å²) in [6.45, 7) is 7.61. The number of pyridine rings is 1. The highest BCUT2D eigenvalue weighted by Crippen LogP contribution is 2.27. The molecule has 224 valence electrons. The number of fused-ring (bicyclic) bond motifs is 1. The molecule has 2 amide bonds. The minimum atomic E-state index is -0.0862. The van der Waals surface area contributed by atoms with E-state index in [2.05, 4.69) is 33.8 Å². The van der Waals surface area contributed by atoms with Crippen LogP contribution in [0.4, 0.5) is 11.5 Å². The first-order chi connectivity index (χ1) is 18.4. The van der Waals surface area contributed by atoms with E-state index in [9.17, 15) is 9.59 Å². The van der Waals surface area contributed by atoms with Crippen LogP contribution in [-0.2, 0) is 22.7 Å². The lowest BCUT2D eigenvalue weighted by Gasteiger charge is -2.28. The summed E-state index contributed by atoms with van der Waals surface area (Å²) < 4.78 is 0. The van der Waals surface area contributed by atoms with Crippen LogP contribution < -0.4 is 21.3 Å². The molecule has 1 aliphatic rings. The van der Waals surface area contributed by atoms with Crippen molar-refractivity contribution in [2.24, 2.45) is 0 Å². The van der Waals surface area contributed by atoms with E-state index in [-0.39, 0.29) is 62.1 Å². The molecule has 0 atom stereocenters. The van der Waals surface area contributed by atoms with Gasteiger partial charge >= 0.3 is 0 Å². The highest BCUT2D eigenvalue weighted by molar-refractivity contribution is 5.96. The van der Waals surface area contributed by atoms with E-state index in [0.29, 0.717) is 32.0 Å². The molecule has 0 aliphatic carbocycles. The zero-order chi connectivity index (χ0) is 27.1. The molecule has 4 N–H and O–H groups in total. The number of carbonyl (C=O) groups excluding carboxylic acids is 2. The Morgan fingerprint density at radius 1 is 0.927 bits per heavy atom. The fraction of sp³-hybridized carbons (Fsp3) is 0.345. The lowest BCUT2D eigenvalue weighted by Crippen LogP contribution is -2.47. The number of aromatic nitrogens is 1. The van der Waals surface area contributed by atoms with Crippen molar-refractivity contribution in [2.75, 3.05) is 50.4 Å². The van der Waals surface area contributed by atoms with Crippen LogP contribution in [0.2, 0.25) is 0 Å². The molecule has 0 bridgehead atoms. The van der Waals surface area contributed by atoms with Crippen molar-refractivity contribution in [3.05, 3.63) is 77.5 Å². The normalized spacial score (nSPS) is 11.9. The van der Waals surface area contributed by atoms with Crippen molar-refractivity contribution in [1.82, 2.24) is 25.6 Å². The van der Waals surface area contributed by atoms with Gasteiger partial charge in [-0.1, -0.05) is 37.3 Å². The molecule has 0 fully saturated rings. The van der Waals surface area contributed by atoms with Gasteiger partial charge in [0, 0.05) is 50.7 Å². The number of likely N-dealkylation sites (N-methyl/N-ethyl adjacent to an activating group) is 2. The minimum Gasteiger partial charge on any atom is -0.384 e. The summed E-state index contributed by atoms with van der Waals surface area (Å²) in [5, 5.41) is 10.0. The third-order valence-electron chi connectivity index (χ3n) is 6.83. The van der Waals surface area contributed by atoms with E-state index < -0.39 is 0 Å². The number of nitrogens with one attached hydrogen (secondary N) is 2. The van der Waals surface area contributed by atoms with Crippen LogP contribution in [0.5, 0.6) is 0 Å². The smallest absolute Gasteiger partial charge is 0.250 e. The van der Waals surface area contributed by atoms with Gasteiger partial charge in [-0.3, -0.25) is 19.9 Å². The second-order valence-corrected chi connectivity index (χ2v) is 9.48. The first-order valence-corrected chi connectivity index (χ1v) is 13.0. The Morgan fingerprint density at radius 2 is 1.56 bits per heavy atom. The van der Waals surface area contributed by atoms with E-state index in [4.69, 9.17) is 5.73 Å². The van der Waals surface area contributed by atoms with Crippen LogP contribution in [0, 0.1) is 6.92 Å². The highest BCUT2D eigenvalue weighted by atomic mass is 35.5. The molecule has 9 nitrogen and oxygen atoms in total. The second-order valence-electron chi connectivity index (χ2n) is 9.48. The first-order valence-electron chi connectivity index (χ1n) is 13.0. The van der Waals surface area contributed by atoms with Crippen molar-refractivity contribution < 1.29 is 9.59 Å². The van der Waals surface area contributed by atoms with Crippen molar-refractivity contribution in [3.8, 4) is 11.1 Å². The third-order valence-corrected chi connectivity index (χ3v) is 6.83. The standard InChI is InChI=1S/C29H37N7O2.3ClH/c1-4-31-13-14-36(26-11-9-22(15-21(26)2)23-10-12-27(30)33-16-23)29(38)18-32-17-28(37)34(3)35-19-24-7-5-6-8-25(24)20-35;;;/h5-12,15-16,31-32H,4,13-14,17-20H2,1-3H3,(H2,30,33);3*1H. The quantitative estimate of drug-likeness (QED) is 0.279. The first kappa shape index (κ1) is 36.1. The van der Waals surface area contributed by atoms with E-state index in [1.54, 1.807) is 29.2 Å². The fourth-order valence-corrected chi connectivity index (χ4v) is 4.63. The van der Waals surface area contributed by atoms with Gasteiger partial charge in [0.05, 0.1) is 13.1 Å². The Morgan fingerprint density at radius 3 is 2.15 bits per heavy atom. The zero-order valence-corrected chi connectivity index (χ0v) is 26.1. The SMILES string of the molecule is CCNCCN(C(=O)CNCC(=O)N(C)N1Cc2ccccc2C1)c1ccc(-c2ccc(N)nc2)cc1C.Cl.Cl.Cl. The average Bonchev–Trinajstić information content (AvgIpc) is 3.36. The van der Waals surface area contributed by atoms with E-state index in [1.807, 2.05) is 49.2 Å².